The Morgan fingerprint density at radius 2 is 1.61 bits per heavy atom. The van der Waals surface area contributed by atoms with Crippen LogP contribution in [0.2, 0.25) is 0 Å². The number of aliphatic imine (C=N–C) groups is 1. The van der Waals surface area contributed by atoms with Crippen LogP contribution in [0.3, 0.4) is 0 Å². The highest BCUT2D eigenvalue weighted by Crippen LogP contribution is 2.27. The third-order valence-corrected chi connectivity index (χ3v) is 4.90. The van der Waals surface area contributed by atoms with E-state index >= 15 is 0 Å². The SMILES string of the molecule is CCNC(=NCc1ccc(C(=O)N(C)C)cc1)N(C)CCc1ccc(OC)c(OC)c1. The summed E-state index contributed by atoms with van der Waals surface area (Å²) in [5, 5.41) is 3.34. The number of guanidine groups is 1. The van der Waals surface area contributed by atoms with Gasteiger partial charge in [0.15, 0.2) is 17.5 Å². The van der Waals surface area contributed by atoms with E-state index in [0.717, 1.165) is 42.5 Å². The van der Waals surface area contributed by atoms with Gasteiger partial charge < -0.3 is 24.6 Å². The second-order valence-corrected chi connectivity index (χ2v) is 7.43. The van der Waals surface area contributed by atoms with Crippen molar-refractivity contribution in [2.24, 2.45) is 4.99 Å². The van der Waals surface area contributed by atoms with Gasteiger partial charge in [-0.25, -0.2) is 4.99 Å². The zero-order valence-corrected chi connectivity index (χ0v) is 19.4. The van der Waals surface area contributed by atoms with Gasteiger partial charge in [0.1, 0.15) is 0 Å². The molecule has 2 rings (SSSR count). The minimum absolute atomic E-state index is 0.00159. The van der Waals surface area contributed by atoms with Crippen molar-refractivity contribution in [2.75, 3.05) is 48.5 Å². The standard InChI is InChI=1S/C24H34N4O3/c1-7-25-24(26-17-19-8-11-20(12-9-19)23(29)27(2)3)28(4)15-14-18-10-13-21(30-5)22(16-18)31-6/h8-13,16H,7,14-15,17H2,1-6H3,(H,25,26). The number of rotatable bonds is 9. The van der Waals surface area contributed by atoms with Gasteiger partial charge in [-0.3, -0.25) is 4.79 Å². The molecule has 0 spiro atoms. The van der Waals surface area contributed by atoms with Crippen LogP contribution in [-0.2, 0) is 13.0 Å². The molecule has 0 saturated heterocycles. The first-order valence-corrected chi connectivity index (χ1v) is 10.4. The number of hydrogen-bond acceptors (Lipinski definition) is 4. The molecule has 0 aliphatic heterocycles. The molecule has 0 fully saturated rings. The van der Waals surface area contributed by atoms with Crippen LogP contribution in [0.15, 0.2) is 47.5 Å². The Morgan fingerprint density at radius 1 is 0.968 bits per heavy atom. The van der Waals surface area contributed by atoms with E-state index in [-0.39, 0.29) is 5.91 Å². The topological polar surface area (TPSA) is 66.4 Å². The molecule has 0 atom stereocenters. The summed E-state index contributed by atoms with van der Waals surface area (Å²) in [5.41, 5.74) is 2.90. The highest BCUT2D eigenvalue weighted by molar-refractivity contribution is 5.93. The van der Waals surface area contributed by atoms with E-state index in [1.807, 2.05) is 43.4 Å². The number of ether oxygens (including phenoxy) is 2. The molecular formula is C24H34N4O3. The zero-order valence-electron chi connectivity index (χ0n) is 19.4. The van der Waals surface area contributed by atoms with Crippen LogP contribution in [0.25, 0.3) is 0 Å². The second-order valence-electron chi connectivity index (χ2n) is 7.43. The second kappa shape index (κ2) is 11.8. The van der Waals surface area contributed by atoms with Crippen molar-refractivity contribution in [3.05, 3.63) is 59.2 Å². The summed E-state index contributed by atoms with van der Waals surface area (Å²) in [4.78, 5) is 20.5. The van der Waals surface area contributed by atoms with Crippen molar-refractivity contribution >= 4 is 11.9 Å². The van der Waals surface area contributed by atoms with Crippen molar-refractivity contribution < 1.29 is 14.3 Å². The number of hydrogen-bond donors (Lipinski definition) is 1. The fourth-order valence-electron chi connectivity index (χ4n) is 3.09. The van der Waals surface area contributed by atoms with E-state index < -0.39 is 0 Å². The number of methoxy groups -OCH3 is 2. The molecule has 1 N–H and O–H groups in total. The average molecular weight is 427 g/mol. The summed E-state index contributed by atoms with van der Waals surface area (Å²) in [6, 6.07) is 13.6. The highest BCUT2D eigenvalue weighted by atomic mass is 16.5. The summed E-state index contributed by atoms with van der Waals surface area (Å²) < 4.78 is 10.7. The van der Waals surface area contributed by atoms with Crippen molar-refractivity contribution in [3.63, 3.8) is 0 Å². The molecule has 0 radical (unpaired) electrons. The van der Waals surface area contributed by atoms with Gasteiger partial charge in [0.2, 0.25) is 0 Å². The first-order valence-electron chi connectivity index (χ1n) is 10.4. The van der Waals surface area contributed by atoms with E-state index in [1.165, 1.54) is 5.56 Å². The number of amides is 1. The molecule has 0 aliphatic rings. The maximum atomic E-state index is 12.0. The Kier molecular flexibility index (Phi) is 9.18. The van der Waals surface area contributed by atoms with Crippen LogP contribution in [0.5, 0.6) is 11.5 Å². The Balaban J connectivity index is 2.02. The van der Waals surface area contributed by atoms with E-state index in [4.69, 9.17) is 14.5 Å². The lowest BCUT2D eigenvalue weighted by Crippen LogP contribution is -2.39. The fraction of sp³-hybridized carbons (Fsp3) is 0.417. The summed E-state index contributed by atoms with van der Waals surface area (Å²) >= 11 is 0. The maximum absolute atomic E-state index is 12.0. The average Bonchev–Trinajstić information content (AvgIpc) is 2.79. The predicted octanol–water partition coefficient (Wildman–Crippen LogP) is 3.05. The quantitative estimate of drug-likeness (QED) is 0.493. The largest absolute Gasteiger partial charge is 0.493 e. The van der Waals surface area contributed by atoms with Crippen LogP contribution in [0.1, 0.15) is 28.4 Å². The Bertz CT molecular complexity index is 879. The minimum atomic E-state index is -0.00159. The molecule has 0 aliphatic carbocycles. The lowest BCUT2D eigenvalue weighted by atomic mass is 10.1. The van der Waals surface area contributed by atoms with Crippen LogP contribution >= 0.6 is 0 Å². The molecular weight excluding hydrogens is 392 g/mol. The van der Waals surface area contributed by atoms with Gasteiger partial charge in [-0.1, -0.05) is 18.2 Å². The van der Waals surface area contributed by atoms with Crippen LogP contribution in [0, 0.1) is 0 Å². The Hall–Kier alpha value is -3.22. The number of benzene rings is 2. The first-order chi connectivity index (χ1) is 14.9. The third kappa shape index (κ3) is 6.91. The van der Waals surface area contributed by atoms with E-state index in [1.54, 1.807) is 33.2 Å². The van der Waals surface area contributed by atoms with Crippen LogP contribution in [0.4, 0.5) is 0 Å². The van der Waals surface area contributed by atoms with E-state index in [2.05, 4.69) is 23.2 Å². The number of nitrogens with one attached hydrogen (secondary N) is 1. The summed E-state index contributed by atoms with van der Waals surface area (Å²) in [6.45, 7) is 4.19. The van der Waals surface area contributed by atoms with Gasteiger partial charge in [0, 0.05) is 39.8 Å². The summed E-state index contributed by atoms with van der Waals surface area (Å²) in [6.07, 6.45) is 0.850. The molecule has 0 saturated carbocycles. The molecule has 0 bridgehead atoms. The molecule has 2 aromatic rings. The molecule has 168 valence electrons. The van der Waals surface area contributed by atoms with Gasteiger partial charge in [0.25, 0.3) is 5.91 Å². The van der Waals surface area contributed by atoms with E-state index in [0.29, 0.717) is 12.1 Å². The lowest BCUT2D eigenvalue weighted by Gasteiger charge is -2.22. The van der Waals surface area contributed by atoms with Gasteiger partial charge in [-0.05, 0) is 48.7 Å². The molecule has 7 heteroatoms. The summed E-state index contributed by atoms with van der Waals surface area (Å²) in [7, 11) is 8.81. The number of carbonyl (C=O) groups is 1. The molecule has 7 nitrogen and oxygen atoms in total. The fourth-order valence-corrected chi connectivity index (χ4v) is 3.09. The maximum Gasteiger partial charge on any atom is 0.253 e. The zero-order chi connectivity index (χ0) is 22.8. The molecule has 31 heavy (non-hydrogen) atoms. The first kappa shape index (κ1) is 24.1. The van der Waals surface area contributed by atoms with Crippen molar-refractivity contribution in [1.29, 1.82) is 0 Å². The van der Waals surface area contributed by atoms with Crippen LogP contribution < -0.4 is 14.8 Å². The highest BCUT2D eigenvalue weighted by Gasteiger charge is 2.10. The van der Waals surface area contributed by atoms with Crippen molar-refractivity contribution in [1.82, 2.24) is 15.1 Å². The van der Waals surface area contributed by atoms with Gasteiger partial charge in [-0.15, -0.1) is 0 Å². The molecule has 1 amide bonds. The molecule has 0 aromatic heterocycles. The molecule has 2 aromatic carbocycles. The Morgan fingerprint density at radius 3 is 2.19 bits per heavy atom. The van der Waals surface area contributed by atoms with Crippen LogP contribution in [-0.4, -0.2) is 70.1 Å². The van der Waals surface area contributed by atoms with Gasteiger partial charge in [-0.2, -0.15) is 0 Å². The summed E-state index contributed by atoms with van der Waals surface area (Å²) in [5.74, 6) is 2.31. The monoisotopic (exact) mass is 426 g/mol. The van der Waals surface area contributed by atoms with Crippen molar-refractivity contribution in [3.8, 4) is 11.5 Å². The lowest BCUT2D eigenvalue weighted by molar-refractivity contribution is 0.0827. The minimum Gasteiger partial charge on any atom is -0.493 e. The third-order valence-electron chi connectivity index (χ3n) is 4.90. The number of nitrogens with zero attached hydrogens (tertiary/aromatic N) is 3. The van der Waals surface area contributed by atoms with Gasteiger partial charge in [0.05, 0.1) is 20.8 Å². The van der Waals surface area contributed by atoms with E-state index in [9.17, 15) is 4.79 Å². The van der Waals surface area contributed by atoms with Crippen molar-refractivity contribution in [2.45, 2.75) is 19.9 Å². The number of likely N-dealkylation sites (N-methyl/N-ethyl adjacent to an activating group) is 1. The molecule has 0 unspecified atom stereocenters. The smallest absolute Gasteiger partial charge is 0.253 e. The molecule has 0 heterocycles. The van der Waals surface area contributed by atoms with Gasteiger partial charge >= 0.3 is 0 Å². The predicted molar refractivity (Wildman–Crippen MR) is 125 cm³/mol. The Labute approximate surface area is 185 Å². The normalized spacial score (nSPS) is 11.1. The number of carbonyl (C=O) groups excluding carboxylic acids is 1.